The molecule has 8 nitrogen and oxygen atoms in total. The number of thioether (sulfide) groups is 1. The molecule has 1 saturated heterocycles. The largest absolute Gasteiger partial charge is 0.352 e. The molecule has 0 unspecified atom stereocenters. The summed E-state index contributed by atoms with van der Waals surface area (Å²) >= 11 is 2.51. The lowest BCUT2D eigenvalue weighted by molar-refractivity contribution is -0.384. The lowest BCUT2D eigenvalue weighted by Crippen LogP contribution is -2.36. The van der Waals surface area contributed by atoms with E-state index in [4.69, 9.17) is 0 Å². The van der Waals surface area contributed by atoms with Crippen LogP contribution in [0.1, 0.15) is 6.42 Å². The maximum Gasteiger partial charge on any atom is 0.270 e. The normalized spacial score (nSPS) is 19.4. The van der Waals surface area contributed by atoms with Crippen molar-refractivity contribution in [3.8, 4) is 0 Å². The molecule has 11 heteroatoms. The molecule has 128 valence electrons. The molecular formula is C13H13N3O5S3. The van der Waals surface area contributed by atoms with E-state index in [9.17, 15) is 23.3 Å². The first-order chi connectivity index (χ1) is 11.3. The van der Waals surface area contributed by atoms with E-state index in [2.05, 4.69) is 10.3 Å². The Bertz CT molecular complexity index is 909. The minimum absolute atomic E-state index is 0.00267. The summed E-state index contributed by atoms with van der Waals surface area (Å²) in [6, 6.07) is 4.11. The molecule has 1 N–H and O–H groups in total. The number of rotatable bonds is 5. The first kappa shape index (κ1) is 17.1. The average Bonchev–Trinajstić information content (AvgIpc) is 3.06. The third kappa shape index (κ3) is 4.02. The van der Waals surface area contributed by atoms with Gasteiger partial charge in [-0.25, -0.2) is 13.4 Å². The molecule has 0 radical (unpaired) electrons. The van der Waals surface area contributed by atoms with Gasteiger partial charge in [0, 0.05) is 18.2 Å². The number of hydrogen-bond acceptors (Lipinski definition) is 8. The number of benzene rings is 1. The van der Waals surface area contributed by atoms with Crippen LogP contribution in [0.5, 0.6) is 0 Å². The molecule has 0 bridgehead atoms. The van der Waals surface area contributed by atoms with E-state index in [1.807, 2.05) is 0 Å². The van der Waals surface area contributed by atoms with Gasteiger partial charge in [0.25, 0.3) is 5.69 Å². The molecule has 0 saturated carbocycles. The molecular weight excluding hydrogens is 374 g/mol. The summed E-state index contributed by atoms with van der Waals surface area (Å²) in [5.74, 6) is -0.0126. The van der Waals surface area contributed by atoms with E-state index in [0.29, 0.717) is 21.0 Å². The molecule has 1 aromatic carbocycles. The molecule has 1 atom stereocenters. The average molecular weight is 387 g/mol. The van der Waals surface area contributed by atoms with Crippen molar-refractivity contribution >= 4 is 54.7 Å². The Morgan fingerprint density at radius 2 is 2.29 bits per heavy atom. The molecule has 0 spiro atoms. The fourth-order valence-electron chi connectivity index (χ4n) is 2.37. The predicted octanol–water partition coefficient (Wildman–Crippen LogP) is 1.60. The van der Waals surface area contributed by atoms with Crippen LogP contribution in [0.4, 0.5) is 5.69 Å². The first-order valence-corrected chi connectivity index (χ1v) is 10.6. The quantitative estimate of drug-likeness (QED) is 0.470. The number of amides is 1. The zero-order valence-corrected chi connectivity index (χ0v) is 14.7. The summed E-state index contributed by atoms with van der Waals surface area (Å²) in [5, 5.41) is 13.5. The van der Waals surface area contributed by atoms with Gasteiger partial charge in [-0.2, -0.15) is 0 Å². The number of nitro groups is 1. The van der Waals surface area contributed by atoms with E-state index in [-0.39, 0.29) is 34.9 Å². The lowest BCUT2D eigenvalue weighted by atomic mass is 10.3. The first-order valence-electron chi connectivity index (χ1n) is 7.00. The minimum atomic E-state index is -3.02. The summed E-state index contributed by atoms with van der Waals surface area (Å²) in [7, 11) is -3.02. The van der Waals surface area contributed by atoms with Gasteiger partial charge in [-0.3, -0.25) is 14.9 Å². The smallest absolute Gasteiger partial charge is 0.270 e. The Morgan fingerprint density at radius 3 is 2.96 bits per heavy atom. The van der Waals surface area contributed by atoms with Crippen molar-refractivity contribution in [2.45, 2.75) is 16.8 Å². The Labute approximate surface area is 145 Å². The Balaban J connectivity index is 1.59. The molecule has 1 fully saturated rings. The van der Waals surface area contributed by atoms with Crippen molar-refractivity contribution in [3.05, 3.63) is 28.3 Å². The zero-order valence-electron chi connectivity index (χ0n) is 12.3. The van der Waals surface area contributed by atoms with Crippen molar-refractivity contribution < 1.29 is 18.1 Å². The van der Waals surface area contributed by atoms with E-state index in [1.54, 1.807) is 6.07 Å². The van der Waals surface area contributed by atoms with Gasteiger partial charge < -0.3 is 5.32 Å². The van der Waals surface area contributed by atoms with Crippen LogP contribution in [-0.4, -0.2) is 47.5 Å². The van der Waals surface area contributed by atoms with Crippen LogP contribution in [0, 0.1) is 10.1 Å². The van der Waals surface area contributed by atoms with Crippen LogP contribution in [-0.2, 0) is 14.6 Å². The number of non-ortho nitro benzene ring substituents is 1. The topological polar surface area (TPSA) is 119 Å². The van der Waals surface area contributed by atoms with Crippen molar-refractivity contribution in [2.75, 3.05) is 17.3 Å². The van der Waals surface area contributed by atoms with E-state index >= 15 is 0 Å². The fraction of sp³-hybridized carbons (Fsp3) is 0.385. The number of sulfone groups is 1. The monoisotopic (exact) mass is 387 g/mol. The van der Waals surface area contributed by atoms with Crippen LogP contribution in [0.15, 0.2) is 22.5 Å². The third-order valence-electron chi connectivity index (χ3n) is 3.49. The van der Waals surface area contributed by atoms with Crippen molar-refractivity contribution in [3.63, 3.8) is 0 Å². The molecule has 3 rings (SSSR count). The highest BCUT2D eigenvalue weighted by Gasteiger charge is 2.28. The number of aromatic nitrogens is 1. The lowest BCUT2D eigenvalue weighted by Gasteiger charge is -2.09. The van der Waals surface area contributed by atoms with Gasteiger partial charge in [0.05, 0.1) is 32.4 Å². The van der Waals surface area contributed by atoms with Crippen molar-refractivity contribution in [1.29, 1.82) is 0 Å². The SMILES string of the molecule is O=C(CSc1nc2ccc([N+](=O)[O-])cc2s1)N[C@H]1CCS(=O)(=O)C1. The van der Waals surface area contributed by atoms with E-state index in [1.165, 1.54) is 35.2 Å². The second kappa shape index (κ2) is 6.65. The van der Waals surface area contributed by atoms with Gasteiger partial charge in [0.1, 0.15) is 0 Å². The van der Waals surface area contributed by atoms with Gasteiger partial charge in [-0.15, -0.1) is 11.3 Å². The van der Waals surface area contributed by atoms with E-state index < -0.39 is 14.8 Å². The van der Waals surface area contributed by atoms with Crippen LogP contribution >= 0.6 is 23.1 Å². The molecule has 2 heterocycles. The Morgan fingerprint density at radius 1 is 1.50 bits per heavy atom. The molecule has 24 heavy (non-hydrogen) atoms. The van der Waals surface area contributed by atoms with Crippen molar-refractivity contribution in [1.82, 2.24) is 10.3 Å². The summed E-state index contributed by atoms with van der Waals surface area (Å²) in [6.07, 6.45) is 0.448. The summed E-state index contributed by atoms with van der Waals surface area (Å²) in [5.41, 5.74) is 0.651. The van der Waals surface area contributed by atoms with Gasteiger partial charge in [0.15, 0.2) is 14.2 Å². The van der Waals surface area contributed by atoms with Crippen molar-refractivity contribution in [2.24, 2.45) is 0 Å². The maximum absolute atomic E-state index is 11.9. The van der Waals surface area contributed by atoms with E-state index in [0.717, 1.165) is 0 Å². The summed E-state index contributed by atoms with van der Waals surface area (Å²) < 4.78 is 24.1. The van der Waals surface area contributed by atoms with Crippen LogP contribution in [0.25, 0.3) is 10.2 Å². The number of thiazole rings is 1. The second-order valence-electron chi connectivity index (χ2n) is 5.35. The predicted molar refractivity (Wildman–Crippen MR) is 92.2 cm³/mol. The summed E-state index contributed by atoms with van der Waals surface area (Å²) in [6.45, 7) is 0. The molecule has 1 aliphatic rings. The number of nitro benzene ring substituents is 1. The standard InChI is InChI=1S/C13H13N3O5S3/c17-12(14-8-3-4-24(20,21)7-8)6-22-13-15-10-2-1-9(16(18)19)5-11(10)23-13/h1-2,5,8H,3-4,6-7H2,(H,14,17)/t8-/m0/s1. The number of carbonyl (C=O) groups is 1. The fourth-order valence-corrected chi connectivity index (χ4v) is 5.96. The number of fused-ring (bicyclic) bond motifs is 1. The number of hydrogen-bond donors (Lipinski definition) is 1. The highest BCUT2D eigenvalue weighted by Crippen LogP contribution is 2.31. The Kier molecular flexibility index (Phi) is 4.74. The number of nitrogens with zero attached hydrogens (tertiary/aromatic N) is 2. The maximum atomic E-state index is 11.9. The number of carbonyl (C=O) groups excluding carboxylic acids is 1. The van der Waals surface area contributed by atoms with Crippen LogP contribution in [0.2, 0.25) is 0 Å². The summed E-state index contributed by atoms with van der Waals surface area (Å²) in [4.78, 5) is 26.5. The van der Waals surface area contributed by atoms with Gasteiger partial charge in [0.2, 0.25) is 5.91 Å². The molecule has 2 aromatic rings. The highest BCUT2D eigenvalue weighted by atomic mass is 32.2. The molecule has 0 aliphatic carbocycles. The molecule has 1 amide bonds. The van der Waals surface area contributed by atoms with Crippen LogP contribution in [0.3, 0.4) is 0 Å². The van der Waals surface area contributed by atoms with Gasteiger partial charge in [-0.05, 0) is 12.5 Å². The molecule has 1 aromatic heterocycles. The van der Waals surface area contributed by atoms with Crippen LogP contribution < -0.4 is 5.32 Å². The zero-order chi connectivity index (χ0) is 17.3. The number of nitrogens with one attached hydrogen (secondary N) is 1. The van der Waals surface area contributed by atoms with Gasteiger partial charge >= 0.3 is 0 Å². The highest BCUT2D eigenvalue weighted by molar-refractivity contribution is 8.01. The third-order valence-corrected chi connectivity index (χ3v) is 7.42. The second-order valence-corrected chi connectivity index (χ2v) is 9.83. The molecule has 1 aliphatic heterocycles. The minimum Gasteiger partial charge on any atom is -0.352 e. The Hall–Kier alpha value is -1.72. The van der Waals surface area contributed by atoms with Gasteiger partial charge in [-0.1, -0.05) is 11.8 Å².